The first-order valence-corrected chi connectivity index (χ1v) is 9.80. The van der Waals surface area contributed by atoms with E-state index in [0.717, 1.165) is 5.69 Å². The number of pyridine rings is 1. The van der Waals surface area contributed by atoms with Gasteiger partial charge in [0.2, 0.25) is 0 Å². The molecule has 26 heavy (non-hydrogen) atoms. The summed E-state index contributed by atoms with van der Waals surface area (Å²) in [6.07, 6.45) is 1.92. The first kappa shape index (κ1) is 17.0. The van der Waals surface area contributed by atoms with Crippen LogP contribution in [0, 0.1) is 6.92 Å². The first-order valence-electron chi connectivity index (χ1n) is 8.98. The topological polar surface area (TPSA) is 12.9 Å². The van der Waals surface area contributed by atoms with Gasteiger partial charge in [0.05, 0.1) is 5.69 Å². The number of hydrogen-bond donors (Lipinski definition) is 0. The molecule has 0 bridgehead atoms. The molecule has 0 aliphatic rings. The highest BCUT2D eigenvalue weighted by molar-refractivity contribution is 7.22. The monoisotopic (exact) mass is 357 g/mol. The molecule has 0 atom stereocenters. The SMILES string of the molecule is Cc1ccc(-c2cc3c(-c4ccc(C(C)(C)C)cc4)nccc3s2)cc1. The van der Waals surface area contributed by atoms with Crippen LogP contribution in [0.5, 0.6) is 0 Å². The van der Waals surface area contributed by atoms with Gasteiger partial charge in [0.15, 0.2) is 0 Å². The van der Waals surface area contributed by atoms with Crippen LogP contribution in [0.1, 0.15) is 31.9 Å². The zero-order chi connectivity index (χ0) is 18.3. The van der Waals surface area contributed by atoms with Crippen LogP contribution in [0.25, 0.3) is 31.8 Å². The number of aryl methyl sites for hydroxylation is 1. The van der Waals surface area contributed by atoms with Crippen molar-refractivity contribution in [1.82, 2.24) is 4.98 Å². The summed E-state index contributed by atoms with van der Waals surface area (Å²) in [4.78, 5) is 5.99. The van der Waals surface area contributed by atoms with Crippen molar-refractivity contribution in [1.29, 1.82) is 0 Å². The van der Waals surface area contributed by atoms with Crippen molar-refractivity contribution in [2.24, 2.45) is 0 Å². The van der Waals surface area contributed by atoms with Gasteiger partial charge >= 0.3 is 0 Å². The third-order valence-corrected chi connectivity index (χ3v) is 5.96. The maximum atomic E-state index is 4.70. The van der Waals surface area contributed by atoms with Gasteiger partial charge < -0.3 is 0 Å². The van der Waals surface area contributed by atoms with Gasteiger partial charge in [-0.3, -0.25) is 4.98 Å². The van der Waals surface area contributed by atoms with E-state index in [9.17, 15) is 0 Å². The highest BCUT2D eigenvalue weighted by Crippen LogP contribution is 2.38. The number of aromatic nitrogens is 1. The molecular formula is C24H23NS. The van der Waals surface area contributed by atoms with Crippen molar-refractivity contribution in [2.45, 2.75) is 33.1 Å². The molecule has 2 heterocycles. The Morgan fingerprint density at radius 1 is 0.808 bits per heavy atom. The Labute approximate surface area is 159 Å². The minimum atomic E-state index is 0.166. The van der Waals surface area contributed by atoms with Gasteiger partial charge in [-0.15, -0.1) is 11.3 Å². The van der Waals surface area contributed by atoms with Crippen LogP contribution < -0.4 is 0 Å². The van der Waals surface area contributed by atoms with Crippen LogP contribution in [-0.4, -0.2) is 4.98 Å². The smallest absolute Gasteiger partial charge is 0.0788 e. The fraction of sp³-hybridized carbons (Fsp3) is 0.208. The van der Waals surface area contributed by atoms with Crippen molar-refractivity contribution in [2.75, 3.05) is 0 Å². The lowest BCUT2D eigenvalue weighted by Gasteiger charge is -2.19. The van der Waals surface area contributed by atoms with E-state index in [-0.39, 0.29) is 5.41 Å². The summed E-state index contributed by atoms with van der Waals surface area (Å²) in [6.45, 7) is 8.85. The first-order chi connectivity index (χ1) is 12.4. The molecular weight excluding hydrogens is 334 g/mol. The number of thiophene rings is 1. The number of hydrogen-bond acceptors (Lipinski definition) is 2. The zero-order valence-corrected chi connectivity index (χ0v) is 16.5. The van der Waals surface area contributed by atoms with Crippen LogP contribution in [0.15, 0.2) is 66.9 Å². The van der Waals surface area contributed by atoms with Crippen molar-refractivity contribution in [3.05, 3.63) is 78.0 Å². The summed E-state index contributed by atoms with van der Waals surface area (Å²) in [5.74, 6) is 0. The summed E-state index contributed by atoms with van der Waals surface area (Å²) in [7, 11) is 0. The average Bonchev–Trinajstić information content (AvgIpc) is 3.06. The molecule has 0 unspecified atom stereocenters. The predicted octanol–water partition coefficient (Wildman–Crippen LogP) is 7.24. The van der Waals surface area contributed by atoms with Crippen LogP contribution in [0.4, 0.5) is 0 Å². The van der Waals surface area contributed by atoms with Crippen LogP contribution in [0.3, 0.4) is 0 Å². The van der Waals surface area contributed by atoms with E-state index in [4.69, 9.17) is 4.98 Å². The van der Waals surface area contributed by atoms with Crippen molar-refractivity contribution in [3.8, 4) is 21.7 Å². The Bertz CT molecular complexity index is 1050. The fourth-order valence-electron chi connectivity index (χ4n) is 3.18. The van der Waals surface area contributed by atoms with E-state index >= 15 is 0 Å². The summed E-state index contributed by atoms with van der Waals surface area (Å²) < 4.78 is 1.28. The second-order valence-electron chi connectivity index (χ2n) is 7.88. The Morgan fingerprint density at radius 3 is 2.12 bits per heavy atom. The molecule has 0 aliphatic carbocycles. The number of benzene rings is 2. The van der Waals surface area contributed by atoms with E-state index in [0.29, 0.717) is 0 Å². The van der Waals surface area contributed by atoms with Crippen LogP contribution in [-0.2, 0) is 5.41 Å². The molecule has 0 spiro atoms. The maximum Gasteiger partial charge on any atom is 0.0788 e. The van der Waals surface area contributed by atoms with Gasteiger partial charge in [-0.2, -0.15) is 0 Å². The molecule has 2 aromatic carbocycles. The maximum absolute atomic E-state index is 4.70. The van der Waals surface area contributed by atoms with E-state index in [1.165, 1.54) is 37.2 Å². The molecule has 4 rings (SSSR count). The van der Waals surface area contributed by atoms with Gasteiger partial charge in [0.1, 0.15) is 0 Å². The van der Waals surface area contributed by atoms with Crippen LogP contribution in [0.2, 0.25) is 0 Å². The molecule has 0 saturated carbocycles. The Morgan fingerprint density at radius 2 is 1.46 bits per heavy atom. The third-order valence-electron chi connectivity index (χ3n) is 4.81. The van der Waals surface area contributed by atoms with Gasteiger partial charge in [0, 0.05) is 26.7 Å². The number of rotatable bonds is 2. The lowest BCUT2D eigenvalue weighted by Crippen LogP contribution is -2.10. The summed E-state index contributed by atoms with van der Waals surface area (Å²) >= 11 is 1.83. The van der Waals surface area contributed by atoms with Crippen LogP contribution >= 0.6 is 11.3 Å². The van der Waals surface area contributed by atoms with E-state index < -0.39 is 0 Å². The van der Waals surface area contributed by atoms with Gasteiger partial charge in [-0.1, -0.05) is 74.9 Å². The van der Waals surface area contributed by atoms with E-state index in [2.05, 4.69) is 88.4 Å². The Hall–Kier alpha value is -2.45. The lowest BCUT2D eigenvalue weighted by atomic mass is 9.86. The predicted molar refractivity (Wildman–Crippen MR) is 114 cm³/mol. The van der Waals surface area contributed by atoms with Crippen molar-refractivity contribution < 1.29 is 0 Å². The van der Waals surface area contributed by atoms with E-state index in [1.807, 2.05) is 17.5 Å². The van der Waals surface area contributed by atoms with Gasteiger partial charge in [-0.25, -0.2) is 0 Å². The van der Waals surface area contributed by atoms with E-state index in [1.54, 1.807) is 0 Å². The zero-order valence-electron chi connectivity index (χ0n) is 15.7. The Balaban J connectivity index is 1.80. The third kappa shape index (κ3) is 3.17. The number of fused-ring (bicyclic) bond motifs is 1. The average molecular weight is 358 g/mol. The molecule has 0 fully saturated rings. The lowest BCUT2D eigenvalue weighted by molar-refractivity contribution is 0.590. The Kier molecular flexibility index (Phi) is 4.16. The number of nitrogens with zero attached hydrogens (tertiary/aromatic N) is 1. The largest absolute Gasteiger partial charge is 0.256 e. The van der Waals surface area contributed by atoms with Crippen molar-refractivity contribution >= 4 is 21.4 Å². The molecule has 0 N–H and O–H groups in total. The summed E-state index contributed by atoms with van der Waals surface area (Å²) in [5, 5.41) is 1.23. The van der Waals surface area contributed by atoms with Gasteiger partial charge in [0.25, 0.3) is 0 Å². The quantitative estimate of drug-likeness (QED) is 0.368. The molecule has 1 nitrogen and oxygen atoms in total. The molecule has 2 heteroatoms. The molecule has 4 aromatic rings. The fourth-order valence-corrected chi connectivity index (χ4v) is 4.24. The normalized spacial score (nSPS) is 11.8. The van der Waals surface area contributed by atoms with Gasteiger partial charge in [-0.05, 0) is 35.6 Å². The standard InChI is InChI=1S/C24H23NS/c1-16-5-7-17(8-6-16)22-15-20-21(26-22)13-14-25-23(20)18-9-11-19(12-10-18)24(2,3)4/h5-15H,1-4H3. The highest BCUT2D eigenvalue weighted by Gasteiger charge is 2.15. The minimum absolute atomic E-state index is 0.166. The minimum Gasteiger partial charge on any atom is -0.256 e. The highest BCUT2D eigenvalue weighted by atomic mass is 32.1. The summed E-state index contributed by atoms with van der Waals surface area (Å²) in [6, 6.07) is 22.0. The second kappa shape index (κ2) is 6.37. The molecule has 0 radical (unpaired) electrons. The molecule has 0 amide bonds. The molecule has 0 saturated heterocycles. The summed E-state index contributed by atoms with van der Waals surface area (Å²) in [5.41, 5.74) is 6.31. The molecule has 2 aromatic heterocycles. The molecule has 130 valence electrons. The van der Waals surface area contributed by atoms with Crippen molar-refractivity contribution in [3.63, 3.8) is 0 Å². The molecule has 0 aliphatic heterocycles. The second-order valence-corrected chi connectivity index (χ2v) is 8.96.